The van der Waals surface area contributed by atoms with Crippen molar-refractivity contribution in [1.82, 2.24) is 15.1 Å². The van der Waals surface area contributed by atoms with Gasteiger partial charge in [-0.2, -0.15) is 0 Å². The molecule has 2 aliphatic rings. The molecule has 1 saturated heterocycles. The summed E-state index contributed by atoms with van der Waals surface area (Å²) in [5.41, 5.74) is 2.29. The van der Waals surface area contributed by atoms with E-state index in [0.29, 0.717) is 0 Å². The minimum absolute atomic E-state index is 0.0547. The Hall–Kier alpha value is -1.29. The molecule has 0 radical (unpaired) electrons. The number of likely N-dealkylation sites (N-methyl/N-ethyl adjacent to an activating group) is 1. The van der Waals surface area contributed by atoms with Crippen molar-refractivity contribution in [2.75, 3.05) is 33.2 Å². The summed E-state index contributed by atoms with van der Waals surface area (Å²) in [6.45, 7) is 5.65. The predicted octanol–water partition coefficient (Wildman–Crippen LogP) is 1.57. The third-order valence-electron chi connectivity index (χ3n) is 3.34. The van der Waals surface area contributed by atoms with Crippen molar-refractivity contribution >= 4 is 6.03 Å². The van der Waals surface area contributed by atoms with E-state index in [-0.39, 0.29) is 6.03 Å². The van der Waals surface area contributed by atoms with Gasteiger partial charge in [-0.05, 0) is 32.9 Å². The fourth-order valence-electron chi connectivity index (χ4n) is 2.19. The third-order valence-corrected chi connectivity index (χ3v) is 3.34. The summed E-state index contributed by atoms with van der Waals surface area (Å²) < 4.78 is 0. The molecule has 0 bridgehead atoms. The van der Waals surface area contributed by atoms with E-state index in [9.17, 15) is 4.79 Å². The zero-order chi connectivity index (χ0) is 12.3. The number of amides is 2. The Kier molecular flexibility index (Phi) is 3.84. The first kappa shape index (κ1) is 12.2. The van der Waals surface area contributed by atoms with Crippen LogP contribution in [0.25, 0.3) is 0 Å². The number of carbonyl (C=O) groups excluding carboxylic acids is 1. The van der Waals surface area contributed by atoms with E-state index in [0.717, 1.165) is 44.7 Å². The van der Waals surface area contributed by atoms with Gasteiger partial charge >= 0.3 is 6.03 Å². The number of nitrogens with zero attached hydrogens (tertiary/aromatic N) is 2. The average Bonchev–Trinajstić information content (AvgIpc) is 2.29. The molecule has 4 nitrogen and oxygen atoms in total. The molecular formula is C13H21N3O. The molecule has 0 aromatic carbocycles. The Labute approximate surface area is 103 Å². The maximum absolute atomic E-state index is 12.0. The van der Waals surface area contributed by atoms with Gasteiger partial charge in [-0.1, -0.05) is 11.6 Å². The van der Waals surface area contributed by atoms with Gasteiger partial charge in [-0.3, -0.25) is 0 Å². The van der Waals surface area contributed by atoms with Gasteiger partial charge in [-0.25, -0.2) is 4.79 Å². The van der Waals surface area contributed by atoms with Gasteiger partial charge in [0, 0.05) is 31.9 Å². The van der Waals surface area contributed by atoms with Crippen molar-refractivity contribution in [3.63, 3.8) is 0 Å². The van der Waals surface area contributed by atoms with Crippen molar-refractivity contribution in [3.8, 4) is 0 Å². The van der Waals surface area contributed by atoms with Gasteiger partial charge in [0.25, 0.3) is 0 Å². The fourth-order valence-corrected chi connectivity index (χ4v) is 2.19. The third kappa shape index (κ3) is 3.33. The lowest BCUT2D eigenvalue weighted by atomic mass is 10.1. The smallest absolute Gasteiger partial charge is 0.321 e. The Morgan fingerprint density at radius 3 is 2.65 bits per heavy atom. The number of nitrogens with one attached hydrogen (secondary N) is 1. The first-order valence-electron chi connectivity index (χ1n) is 6.27. The van der Waals surface area contributed by atoms with E-state index in [2.05, 4.69) is 36.3 Å². The number of urea groups is 1. The minimum atomic E-state index is 0.0547. The zero-order valence-corrected chi connectivity index (χ0v) is 10.7. The Balaban J connectivity index is 1.87. The Morgan fingerprint density at radius 1 is 1.29 bits per heavy atom. The van der Waals surface area contributed by atoms with Gasteiger partial charge in [0.05, 0.1) is 0 Å². The van der Waals surface area contributed by atoms with Crippen LogP contribution in [0.5, 0.6) is 0 Å². The molecular weight excluding hydrogens is 214 g/mol. The van der Waals surface area contributed by atoms with Crippen LogP contribution in [0.1, 0.15) is 19.8 Å². The molecule has 1 heterocycles. The van der Waals surface area contributed by atoms with Crippen molar-refractivity contribution in [2.45, 2.75) is 19.8 Å². The van der Waals surface area contributed by atoms with Crippen LogP contribution in [0.15, 0.2) is 23.4 Å². The van der Waals surface area contributed by atoms with Gasteiger partial charge in [-0.15, -0.1) is 0 Å². The summed E-state index contributed by atoms with van der Waals surface area (Å²) in [6.07, 6.45) is 6.24. The van der Waals surface area contributed by atoms with Crippen LogP contribution in [-0.4, -0.2) is 49.1 Å². The lowest BCUT2D eigenvalue weighted by molar-refractivity contribution is 0.156. The van der Waals surface area contributed by atoms with Crippen LogP contribution in [0.2, 0.25) is 0 Å². The molecule has 4 heteroatoms. The van der Waals surface area contributed by atoms with Crippen molar-refractivity contribution < 1.29 is 4.79 Å². The molecule has 0 spiro atoms. The summed E-state index contributed by atoms with van der Waals surface area (Å²) in [4.78, 5) is 16.2. The summed E-state index contributed by atoms with van der Waals surface area (Å²) in [7, 11) is 2.09. The molecule has 2 rings (SSSR count). The molecule has 0 aromatic rings. The normalized spacial score (nSPS) is 21.9. The van der Waals surface area contributed by atoms with Crippen LogP contribution < -0.4 is 5.32 Å². The SMILES string of the molecule is CC1=CCCC(NC(=O)N2CCN(C)CC2)=C1. The van der Waals surface area contributed by atoms with Crippen LogP contribution in [0, 0.1) is 0 Å². The second-order valence-electron chi connectivity index (χ2n) is 4.88. The van der Waals surface area contributed by atoms with E-state index in [1.54, 1.807) is 0 Å². The summed E-state index contributed by atoms with van der Waals surface area (Å²) in [5.74, 6) is 0. The van der Waals surface area contributed by atoms with Gasteiger partial charge in [0.2, 0.25) is 0 Å². The lowest BCUT2D eigenvalue weighted by Gasteiger charge is -2.32. The second kappa shape index (κ2) is 5.36. The molecule has 1 aliphatic heterocycles. The second-order valence-corrected chi connectivity index (χ2v) is 4.88. The highest BCUT2D eigenvalue weighted by Gasteiger charge is 2.19. The van der Waals surface area contributed by atoms with E-state index in [4.69, 9.17) is 0 Å². The monoisotopic (exact) mass is 235 g/mol. The Morgan fingerprint density at radius 2 is 2.00 bits per heavy atom. The molecule has 1 N–H and O–H groups in total. The number of piperazine rings is 1. The number of hydrogen-bond acceptors (Lipinski definition) is 2. The van der Waals surface area contributed by atoms with Crippen LogP contribution in [0.4, 0.5) is 4.79 Å². The Bertz CT molecular complexity index is 352. The highest BCUT2D eigenvalue weighted by molar-refractivity contribution is 5.76. The predicted molar refractivity (Wildman–Crippen MR) is 68.7 cm³/mol. The van der Waals surface area contributed by atoms with E-state index >= 15 is 0 Å². The van der Waals surface area contributed by atoms with Gasteiger partial charge in [0.1, 0.15) is 0 Å². The van der Waals surface area contributed by atoms with Crippen LogP contribution >= 0.6 is 0 Å². The van der Waals surface area contributed by atoms with Gasteiger partial charge < -0.3 is 15.1 Å². The van der Waals surface area contributed by atoms with Crippen LogP contribution in [-0.2, 0) is 0 Å². The number of carbonyl (C=O) groups is 1. The quantitative estimate of drug-likeness (QED) is 0.749. The maximum Gasteiger partial charge on any atom is 0.321 e. The molecule has 17 heavy (non-hydrogen) atoms. The highest BCUT2D eigenvalue weighted by atomic mass is 16.2. The van der Waals surface area contributed by atoms with Crippen LogP contribution in [0.3, 0.4) is 0 Å². The maximum atomic E-state index is 12.0. The molecule has 0 atom stereocenters. The molecule has 0 saturated carbocycles. The first-order valence-corrected chi connectivity index (χ1v) is 6.27. The standard InChI is InChI=1S/C13H21N3O/c1-11-4-3-5-12(10-11)14-13(17)16-8-6-15(2)7-9-16/h4,10H,3,5-9H2,1-2H3,(H,14,17). The first-order chi connectivity index (χ1) is 8.15. The van der Waals surface area contributed by atoms with E-state index < -0.39 is 0 Å². The van der Waals surface area contributed by atoms with Crippen molar-refractivity contribution in [1.29, 1.82) is 0 Å². The van der Waals surface area contributed by atoms with E-state index in [1.165, 1.54) is 5.57 Å². The minimum Gasteiger partial charge on any atom is -0.322 e. The molecule has 1 aliphatic carbocycles. The fraction of sp³-hybridized carbons (Fsp3) is 0.615. The summed E-state index contributed by atoms with van der Waals surface area (Å²) in [6, 6.07) is 0.0547. The van der Waals surface area contributed by atoms with Crippen molar-refractivity contribution in [3.05, 3.63) is 23.4 Å². The topological polar surface area (TPSA) is 35.6 Å². The number of hydrogen-bond donors (Lipinski definition) is 1. The largest absolute Gasteiger partial charge is 0.322 e. The molecule has 1 fully saturated rings. The zero-order valence-electron chi connectivity index (χ0n) is 10.7. The number of allylic oxidation sites excluding steroid dienone is 4. The lowest BCUT2D eigenvalue weighted by Crippen LogP contribution is -2.50. The molecule has 0 unspecified atom stereocenters. The summed E-state index contributed by atoms with van der Waals surface area (Å²) in [5, 5.41) is 3.02. The highest BCUT2D eigenvalue weighted by Crippen LogP contribution is 2.15. The summed E-state index contributed by atoms with van der Waals surface area (Å²) >= 11 is 0. The van der Waals surface area contributed by atoms with E-state index in [1.807, 2.05) is 4.90 Å². The van der Waals surface area contributed by atoms with Crippen molar-refractivity contribution in [2.24, 2.45) is 0 Å². The molecule has 94 valence electrons. The molecule has 2 amide bonds. The molecule has 0 aromatic heterocycles. The van der Waals surface area contributed by atoms with Gasteiger partial charge in [0.15, 0.2) is 0 Å². The number of rotatable bonds is 1. The average molecular weight is 235 g/mol.